The van der Waals surface area contributed by atoms with Crippen LogP contribution in [0.4, 0.5) is 0 Å². The van der Waals surface area contributed by atoms with Gasteiger partial charge in [-0.3, -0.25) is 0 Å². The van der Waals surface area contributed by atoms with Crippen molar-refractivity contribution in [3.8, 4) is 16.9 Å². The highest BCUT2D eigenvalue weighted by molar-refractivity contribution is 5.63. The normalized spacial score (nSPS) is 14.2. The van der Waals surface area contributed by atoms with Crippen LogP contribution in [0.15, 0.2) is 72.8 Å². The third-order valence-electron chi connectivity index (χ3n) is 5.55. The summed E-state index contributed by atoms with van der Waals surface area (Å²) in [6, 6.07) is 25.7. The van der Waals surface area contributed by atoms with Crippen LogP contribution in [-0.4, -0.2) is 6.54 Å². The van der Waals surface area contributed by atoms with Crippen LogP contribution >= 0.6 is 0 Å². The summed E-state index contributed by atoms with van der Waals surface area (Å²) in [5.41, 5.74) is 12.3. The number of benzene rings is 3. The molecule has 2 nitrogen and oxygen atoms in total. The zero-order valence-electron chi connectivity index (χ0n) is 20.4. The molecule has 4 rings (SSSR count). The maximum absolute atomic E-state index is 6.06. The first-order chi connectivity index (χ1) is 15.7. The highest BCUT2D eigenvalue weighted by atomic mass is 16.5. The minimum absolute atomic E-state index is 0.601. The molecule has 0 saturated heterocycles. The molecule has 1 aliphatic carbocycles. The largest absolute Gasteiger partial charge is 0.489 e. The Labute approximate surface area is 195 Å². The van der Waals surface area contributed by atoms with E-state index in [9.17, 15) is 0 Å². The maximum Gasteiger partial charge on any atom is 0.120 e. The molecule has 0 heterocycles. The zero-order chi connectivity index (χ0) is 23.2. The van der Waals surface area contributed by atoms with Gasteiger partial charge >= 0.3 is 0 Å². The molecule has 0 aromatic heterocycles. The Morgan fingerprint density at radius 3 is 2.16 bits per heavy atom. The van der Waals surface area contributed by atoms with Gasteiger partial charge in [-0.1, -0.05) is 94.8 Å². The van der Waals surface area contributed by atoms with Crippen molar-refractivity contribution >= 4 is 0 Å². The second-order valence-corrected chi connectivity index (χ2v) is 8.18. The topological polar surface area (TPSA) is 35.2 Å². The van der Waals surface area contributed by atoms with Gasteiger partial charge in [0.05, 0.1) is 0 Å². The molecular formula is C30H41NO. The Morgan fingerprint density at radius 1 is 0.844 bits per heavy atom. The minimum atomic E-state index is 0.601. The molecule has 0 saturated carbocycles. The van der Waals surface area contributed by atoms with Crippen molar-refractivity contribution in [2.45, 2.75) is 66.4 Å². The zero-order valence-corrected chi connectivity index (χ0v) is 20.4. The Hall–Kier alpha value is -2.58. The predicted octanol–water partition coefficient (Wildman–Crippen LogP) is 7.83. The molecular weight excluding hydrogens is 390 g/mol. The summed E-state index contributed by atoms with van der Waals surface area (Å²) in [6.07, 6.45) is 5.93. The molecule has 0 aliphatic heterocycles. The van der Waals surface area contributed by atoms with Crippen LogP contribution in [0.3, 0.4) is 0 Å². The SMILES string of the molecule is CC.CCC.NCCC1CCc2cc(OCc3ccc(-c4ccccc4)cc3)ccc2C1. The van der Waals surface area contributed by atoms with Crippen molar-refractivity contribution in [3.63, 3.8) is 0 Å². The fraction of sp³-hybridized carbons (Fsp3) is 0.400. The van der Waals surface area contributed by atoms with E-state index < -0.39 is 0 Å². The van der Waals surface area contributed by atoms with Crippen LogP contribution in [0.1, 0.15) is 63.6 Å². The number of rotatable bonds is 6. The van der Waals surface area contributed by atoms with E-state index in [1.807, 2.05) is 19.9 Å². The summed E-state index contributed by atoms with van der Waals surface area (Å²) in [5.74, 6) is 1.72. The second kappa shape index (κ2) is 14.5. The highest BCUT2D eigenvalue weighted by Gasteiger charge is 2.18. The van der Waals surface area contributed by atoms with Gasteiger partial charge in [-0.25, -0.2) is 0 Å². The molecule has 0 amide bonds. The Bertz CT molecular complexity index is 886. The van der Waals surface area contributed by atoms with Crippen LogP contribution in [0.2, 0.25) is 0 Å². The lowest BCUT2D eigenvalue weighted by Crippen LogP contribution is -2.17. The van der Waals surface area contributed by atoms with E-state index in [0.717, 1.165) is 37.5 Å². The molecule has 172 valence electrons. The first-order valence-electron chi connectivity index (χ1n) is 12.3. The number of hydrogen-bond donors (Lipinski definition) is 1. The number of hydrogen-bond acceptors (Lipinski definition) is 2. The van der Waals surface area contributed by atoms with Crippen molar-refractivity contribution in [2.24, 2.45) is 11.7 Å². The lowest BCUT2D eigenvalue weighted by molar-refractivity contribution is 0.305. The van der Waals surface area contributed by atoms with E-state index in [4.69, 9.17) is 10.5 Å². The third kappa shape index (κ3) is 7.84. The van der Waals surface area contributed by atoms with E-state index in [2.05, 4.69) is 80.6 Å². The van der Waals surface area contributed by atoms with Gasteiger partial charge in [0.2, 0.25) is 0 Å². The summed E-state index contributed by atoms with van der Waals surface area (Å²) in [7, 11) is 0. The molecule has 1 atom stereocenters. The summed E-state index contributed by atoms with van der Waals surface area (Å²) in [6.45, 7) is 9.65. The van der Waals surface area contributed by atoms with Gasteiger partial charge in [-0.05, 0) is 78.1 Å². The van der Waals surface area contributed by atoms with Crippen molar-refractivity contribution in [1.82, 2.24) is 0 Å². The Morgan fingerprint density at radius 2 is 1.50 bits per heavy atom. The molecule has 1 aliphatic rings. The maximum atomic E-state index is 6.06. The van der Waals surface area contributed by atoms with E-state index >= 15 is 0 Å². The molecule has 1 unspecified atom stereocenters. The van der Waals surface area contributed by atoms with Crippen molar-refractivity contribution < 1.29 is 4.74 Å². The average Bonchev–Trinajstić information content (AvgIpc) is 2.85. The summed E-state index contributed by atoms with van der Waals surface area (Å²) in [4.78, 5) is 0. The fourth-order valence-electron chi connectivity index (χ4n) is 3.97. The second-order valence-electron chi connectivity index (χ2n) is 8.18. The smallest absolute Gasteiger partial charge is 0.120 e. The summed E-state index contributed by atoms with van der Waals surface area (Å²) < 4.78 is 6.06. The molecule has 0 fully saturated rings. The fourth-order valence-corrected chi connectivity index (χ4v) is 3.97. The van der Waals surface area contributed by atoms with Crippen LogP contribution in [0, 0.1) is 5.92 Å². The van der Waals surface area contributed by atoms with Crippen LogP contribution in [0.25, 0.3) is 11.1 Å². The summed E-state index contributed by atoms with van der Waals surface area (Å²) in [5, 5.41) is 0. The van der Waals surface area contributed by atoms with E-state index in [0.29, 0.717) is 6.61 Å². The molecule has 0 spiro atoms. The molecule has 3 aromatic rings. The summed E-state index contributed by atoms with van der Waals surface area (Å²) >= 11 is 0. The predicted molar refractivity (Wildman–Crippen MR) is 139 cm³/mol. The number of nitrogens with two attached hydrogens (primary N) is 1. The van der Waals surface area contributed by atoms with E-state index in [1.54, 1.807) is 0 Å². The molecule has 2 N–H and O–H groups in total. The number of aryl methyl sites for hydroxylation is 1. The van der Waals surface area contributed by atoms with Gasteiger partial charge in [-0.15, -0.1) is 0 Å². The van der Waals surface area contributed by atoms with Crippen LogP contribution < -0.4 is 10.5 Å². The van der Waals surface area contributed by atoms with Crippen LogP contribution in [-0.2, 0) is 19.4 Å². The molecule has 0 bridgehead atoms. The first kappa shape index (κ1) is 25.7. The monoisotopic (exact) mass is 431 g/mol. The molecule has 3 aromatic carbocycles. The molecule has 32 heavy (non-hydrogen) atoms. The van der Waals surface area contributed by atoms with Gasteiger partial charge in [0.25, 0.3) is 0 Å². The quantitative estimate of drug-likeness (QED) is 0.431. The molecule has 0 radical (unpaired) electrons. The lowest BCUT2D eigenvalue weighted by atomic mass is 9.82. The van der Waals surface area contributed by atoms with Crippen molar-refractivity contribution in [1.29, 1.82) is 0 Å². The average molecular weight is 432 g/mol. The van der Waals surface area contributed by atoms with E-state index in [-0.39, 0.29) is 0 Å². The Balaban J connectivity index is 0.000000671. The van der Waals surface area contributed by atoms with E-state index in [1.165, 1.54) is 40.7 Å². The van der Waals surface area contributed by atoms with Gasteiger partial charge in [-0.2, -0.15) is 0 Å². The number of fused-ring (bicyclic) bond motifs is 1. The minimum Gasteiger partial charge on any atom is -0.489 e. The lowest BCUT2D eigenvalue weighted by Gasteiger charge is -2.24. The number of ether oxygens (including phenoxy) is 1. The van der Waals surface area contributed by atoms with Crippen LogP contribution in [0.5, 0.6) is 5.75 Å². The van der Waals surface area contributed by atoms with Crippen molar-refractivity contribution in [3.05, 3.63) is 89.5 Å². The Kier molecular flexibility index (Phi) is 11.6. The van der Waals surface area contributed by atoms with Gasteiger partial charge in [0.1, 0.15) is 12.4 Å². The standard InChI is InChI=1S/C25H27NO.C3H8.C2H6/c26-15-14-19-6-11-24-17-25(13-12-23(24)16-19)27-18-20-7-9-22(10-8-20)21-4-2-1-3-5-21;1-3-2;1-2/h1-5,7-10,12-13,17,19H,6,11,14-16,18,26H2;3H2,1-2H3;1-2H3. The molecule has 2 heteroatoms. The van der Waals surface area contributed by atoms with Gasteiger partial charge < -0.3 is 10.5 Å². The third-order valence-corrected chi connectivity index (χ3v) is 5.55. The van der Waals surface area contributed by atoms with Crippen molar-refractivity contribution in [2.75, 3.05) is 6.54 Å². The van der Waals surface area contributed by atoms with Gasteiger partial charge in [0, 0.05) is 0 Å². The highest BCUT2D eigenvalue weighted by Crippen LogP contribution is 2.30. The first-order valence-corrected chi connectivity index (χ1v) is 12.3. The van der Waals surface area contributed by atoms with Gasteiger partial charge in [0.15, 0.2) is 0 Å².